The zero-order valence-corrected chi connectivity index (χ0v) is 13.0. The van der Waals surface area contributed by atoms with Gasteiger partial charge in [0.1, 0.15) is 0 Å². The van der Waals surface area contributed by atoms with Gasteiger partial charge in [-0.25, -0.2) is 8.42 Å². The summed E-state index contributed by atoms with van der Waals surface area (Å²) >= 11 is 0. The van der Waals surface area contributed by atoms with E-state index in [2.05, 4.69) is 30.8 Å². The summed E-state index contributed by atoms with van der Waals surface area (Å²) in [5.41, 5.74) is 1.58. The molecule has 1 aromatic carbocycles. The molecular weight excluding hydrogens is 260 g/mol. The van der Waals surface area contributed by atoms with E-state index >= 15 is 0 Å². The zero-order chi connectivity index (χ0) is 14.5. The molecule has 0 aliphatic rings. The molecule has 0 aromatic heterocycles. The highest BCUT2D eigenvalue weighted by molar-refractivity contribution is 7.92. The second kappa shape index (κ2) is 6.39. The lowest BCUT2D eigenvalue weighted by atomic mass is 9.86. The number of anilines is 1. The first-order valence-electron chi connectivity index (χ1n) is 6.57. The van der Waals surface area contributed by atoms with Crippen molar-refractivity contribution in [3.63, 3.8) is 0 Å². The molecule has 0 saturated heterocycles. The van der Waals surface area contributed by atoms with Gasteiger partial charge in [0.15, 0.2) is 0 Å². The summed E-state index contributed by atoms with van der Waals surface area (Å²) < 4.78 is 26.7. The molecule has 1 aromatic rings. The Hall–Kier alpha value is -1.07. The van der Waals surface area contributed by atoms with E-state index in [-0.39, 0.29) is 11.2 Å². The minimum Gasteiger partial charge on any atom is -0.316 e. The van der Waals surface area contributed by atoms with E-state index in [1.807, 2.05) is 31.2 Å². The number of sulfonamides is 1. The van der Waals surface area contributed by atoms with E-state index in [9.17, 15) is 8.42 Å². The van der Waals surface area contributed by atoms with Gasteiger partial charge in [-0.15, -0.1) is 0 Å². The van der Waals surface area contributed by atoms with Gasteiger partial charge in [0.2, 0.25) is 10.0 Å². The van der Waals surface area contributed by atoms with Gasteiger partial charge >= 0.3 is 0 Å². The van der Waals surface area contributed by atoms with Crippen molar-refractivity contribution in [1.29, 1.82) is 0 Å². The average Bonchev–Trinajstić information content (AvgIpc) is 2.27. The smallest absolute Gasteiger partial charge is 0.233 e. The molecule has 0 amide bonds. The Bertz CT molecular complexity index is 504. The molecule has 0 spiro atoms. The number of para-hydroxylation sites is 1. The van der Waals surface area contributed by atoms with Crippen molar-refractivity contribution >= 4 is 15.7 Å². The van der Waals surface area contributed by atoms with Crippen molar-refractivity contribution in [2.75, 3.05) is 23.6 Å². The van der Waals surface area contributed by atoms with Crippen molar-refractivity contribution in [2.45, 2.75) is 33.1 Å². The maximum atomic E-state index is 12.0. The molecule has 0 aliphatic carbocycles. The Morgan fingerprint density at radius 3 is 2.37 bits per heavy atom. The van der Waals surface area contributed by atoms with Gasteiger partial charge in [-0.3, -0.25) is 4.72 Å². The molecule has 4 nitrogen and oxygen atoms in total. The van der Waals surface area contributed by atoms with Crippen LogP contribution in [0.3, 0.4) is 0 Å². The molecule has 5 heteroatoms. The lowest BCUT2D eigenvalue weighted by Gasteiger charge is -2.23. The summed E-state index contributed by atoms with van der Waals surface area (Å²) in [5, 5.41) is 3.02. The average molecular weight is 284 g/mol. The third-order valence-corrected chi connectivity index (χ3v) is 4.07. The molecule has 0 heterocycles. The molecule has 108 valence electrons. The Balaban J connectivity index is 2.88. The predicted octanol–water partition coefficient (Wildman–Crippen LogP) is 2.34. The summed E-state index contributed by atoms with van der Waals surface area (Å²) in [6, 6.07) is 7.54. The standard InChI is InChI=1S/C14H24N2O2S/c1-5-15-10-11-19(17,18)16-13-9-7-6-8-12(13)14(2,3)4/h6-9,15-16H,5,10-11H2,1-4H3. The van der Waals surface area contributed by atoms with Crippen molar-refractivity contribution in [3.8, 4) is 0 Å². The fourth-order valence-corrected chi connectivity index (χ4v) is 2.86. The molecule has 19 heavy (non-hydrogen) atoms. The van der Waals surface area contributed by atoms with Gasteiger partial charge in [-0.05, 0) is 23.6 Å². The minimum atomic E-state index is -3.30. The quantitative estimate of drug-likeness (QED) is 0.788. The SMILES string of the molecule is CCNCCS(=O)(=O)Nc1ccccc1C(C)(C)C. The number of hydrogen-bond donors (Lipinski definition) is 2. The minimum absolute atomic E-state index is 0.0827. The summed E-state index contributed by atoms with van der Waals surface area (Å²) in [6.07, 6.45) is 0. The van der Waals surface area contributed by atoms with Crippen molar-refractivity contribution < 1.29 is 8.42 Å². The fraction of sp³-hybridized carbons (Fsp3) is 0.571. The first-order valence-corrected chi connectivity index (χ1v) is 8.22. The highest BCUT2D eigenvalue weighted by Crippen LogP contribution is 2.29. The van der Waals surface area contributed by atoms with Gasteiger partial charge in [0, 0.05) is 6.54 Å². The summed E-state index contributed by atoms with van der Waals surface area (Å²) in [6.45, 7) is 9.39. The van der Waals surface area contributed by atoms with Crippen molar-refractivity contribution in [2.24, 2.45) is 0 Å². The van der Waals surface area contributed by atoms with E-state index < -0.39 is 10.0 Å². The molecule has 2 N–H and O–H groups in total. The third kappa shape index (κ3) is 5.20. The van der Waals surface area contributed by atoms with Crippen LogP contribution in [0.2, 0.25) is 0 Å². The molecule has 0 unspecified atom stereocenters. The summed E-state index contributed by atoms with van der Waals surface area (Å²) in [7, 11) is -3.30. The maximum absolute atomic E-state index is 12.0. The fourth-order valence-electron chi connectivity index (χ4n) is 1.83. The lowest BCUT2D eigenvalue weighted by Crippen LogP contribution is -2.27. The molecule has 0 bridgehead atoms. The first kappa shape index (κ1) is 16.0. The number of rotatable bonds is 6. The van der Waals surface area contributed by atoms with Crippen LogP contribution < -0.4 is 10.0 Å². The van der Waals surface area contributed by atoms with Crippen LogP contribution in [0, 0.1) is 0 Å². The van der Waals surface area contributed by atoms with Crippen LogP contribution in [0.5, 0.6) is 0 Å². The Kier molecular flexibility index (Phi) is 5.38. The van der Waals surface area contributed by atoms with Gasteiger partial charge in [0.25, 0.3) is 0 Å². The predicted molar refractivity (Wildman–Crippen MR) is 81.1 cm³/mol. The molecule has 0 radical (unpaired) electrons. The molecule has 0 saturated carbocycles. The molecule has 0 atom stereocenters. The van der Waals surface area contributed by atoms with Crippen LogP contribution >= 0.6 is 0 Å². The number of nitrogens with one attached hydrogen (secondary N) is 2. The summed E-state index contributed by atoms with van der Waals surface area (Å²) in [5.74, 6) is 0.0827. The van der Waals surface area contributed by atoms with Crippen LogP contribution in [0.25, 0.3) is 0 Å². The molecule has 0 aliphatic heterocycles. The van der Waals surface area contributed by atoms with Crippen molar-refractivity contribution in [3.05, 3.63) is 29.8 Å². The highest BCUT2D eigenvalue weighted by atomic mass is 32.2. The van der Waals surface area contributed by atoms with Gasteiger partial charge in [-0.2, -0.15) is 0 Å². The van der Waals surface area contributed by atoms with E-state index in [1.165, 1.54) is 0 Å². The number of benzene rings is 1. The normalized spacial score (nSPS) is 12.4. The molecule has 1 rings (SSSR count). The van der Waals surface area contributed by atoms with Crippen molar-refractivity contribution in [1.82, 2.24) is 5.32 Å². The highest BCUT2D eigenvalue weighted by Gasteiger charge is 2.20. The van der Waals surface area contributed by atoms with Crippen LogP contribution in [-0.4, -0.2) is 27.3 Å². The van der Waals surface area contributed by atoms with E-state index in [1.54, 1.807) is 0 Å². The topological polar surface area (TPSA) is 58.2 Å². The second-order valence-electron chi connectivity index (χ2n) is 5.57. The monoisotopic (exact) mass is 284 g/mol. The third-order valence-electron chi connectivity index (χ3n) is 2.80. The Morgan fingerprint density at radius 2 is 1.79 bits per heavy atom. The Morgan fingerprint density at radius 1 is 1.16 bits per heavy atom. The zero-order valence-electron chi connectivity index (χ0n) is 12.2. The van der Waals surface area contributed by atoms with E-state index in [0.29, 0.717) is 12.2 Å². The van der Waals surface area contributed by atoms with Crippen LogP contribution in [-0.2, 0) is 15.4 Å². The first-order chi connectivity index (χ1) is 8.76. The Labute approximate surface area is 116 Å². The van der Waals surface area contributed by atoms with Crippen LogP contribution in [0.15, 0.2) is 24.3 Å². The van der Waals surface area contributed by atoms with Crippen LogP contribution in [0.1, 0.15) is 33.3 Å². The van der Waals surface area contributed by atoms with E-state index in [0.717, 1.165) is 12.1 Å². The molecule has 0 fully saturated rings. The van der Waals surface area contributed by atoms with Gasteiger partial charge in [-0.1, -0.05) is 45.9 Å². The van der Waals surface area contributed by atoms with Gasteiger partial charge in [0.05, 0.1) is 11.4 Å². The van der Waals surface area contributed by atoms with Crippen LogP contribution in [0.4, 0.5) is 5.69 Å². The van der Waals surface area contributed by atoms with Gasteiger partial charge < -0.3 is 5.32 Å². The lowest BCUT2D eigenvalue weighted by molar-refractivity contribution is 0.589. The summed E-state index contributed by atoms with van der Waals surface area (Å²) in [4.78, 5) is 0. The molecular formula is C14H24N2O2S. The second-order valence-corrected chi connectivity index (χ2v) is 7.41. The maximum Gasteiger partial charge on any atom is 0.233 e. The largest absolute Gasteiger partial charge is 0.316 e. The van der Waals surface area contributed by atoms with E-state index in [4.69, 9.17) is 0 Å². The number of hydrogen-bond acceptors (Lipinski definition) is 3.